The minimum atomic E-state index is -0.166. The number of ether oxygens (including phenoxy) is 1. The fourth-order valence-electron chi connectivity index (χ4n) is 3.22. The molecular formula is C24H27N3O2. The molecule has 5 nitrogen and oxygen atoms in total. The van der Waals surface area contributed by atoms with Crippen molar-refractivity contribution in [3.63, 3.8) is 0 Å². The summed E-state index contributed by atoms with van der Waals surface area (Å²) in [5, 5.41) is 2.96. The van der Waals surface area contributed by atoms with Gasteiger partial charge in [0.05, 0.1) is 7.11 Å². The number of carbonyl (C=O) groups is 1. The Hall–Kier alpha value is -3.34. The number of hydrogen-bond acceptors (Lipinski definition) is 4. The highest BCUT2D eigenvalue weighted by molar-refractivity contribution is 5.93. The average molecular weight is 389 g/mol. The summed E-state index contributed by atoms with van der Waals surface area (Å²) < 4.78 is 5.17. The highest BCUT2D eigenvalue weighted by Crippen LogP contribution is 2.26. The topological polar surface area (TPSA) is 54.5 Å². The lowest BCUT2D eigenvalue weighted by Crippen LogP contribution is -2.27. The molecule has 0 spiro atoms. The third-order valence-electron chi connectivity index (χ3n) is 4.78. The van der Waals surface area contributed by atoms with Gasteiger partial charge >= 0.3 is 0 Å². The number of amides is 1. The number of nitrogens with zero attached hydrogens (tertiary/aromatic N) is 2. The smallest absolute Gasteiger partial charge is 0.269 e. The summed E-state index contributed by atoms with van der Waals surface area (Å²) in [4.78, 5) is 19.0. The van der Waals surface area contributed by atoms with Crippen molar-refractivity contribution in [3.05, 3.63) is 83.7 Å². The first-order chi connectivity index (χ1) is 14.1. The molecule has 2 aromatic carbocycles. The molecule has 0 fully saturated rings. The van der Waals surface area contributed by atoms with Crippen LogP contribution >= 0.6 is 0 Å². The molecule has 0 aliphatic heterocycles. The molecule has 0 saturated heterocycles. The molecule has 1 heterocycles. The Morgan fingerprint density at radius 1 is 1.07 bits per heavy atom. The molecule has 3 aromatic rings. The predicted octanol–water partition coefficient (Wildman–Crippen LogP) is 4.53. The van der Waals surface area contributed by atoms with Crippen molar-refractivity contribution >= 4 is 17.3 Å². The van der Waals surface area contributed by atoms with Gasteiger partial charge in [0.15, 0.2) is 0 Å². The number of nitrogens with one attached hydrogen (secondary N) is 1. The van der Waals surface area contributed by atoms with Crippen LogP contribution in [0.2, 0.25) is 0 Å². The Morgan fingerprint density at radius 2 is 1.83 bits per heavy atom. The molecule has 0 atom stereocenters. The number of carbonyl (C=O) groups excluding carboxylic acids is 1. The number of pyridine rings is 1. The zero-order valence-corrected chi connectivity index (χ0v) is 17.2. The molecule has 0 radical (unpaired) electrons. The number of benzene rings is 2. The van der Waals surface area contributed by atoms with Crippen LogP contribution in [0.5, 0.6) is 5.75 Å². The van der Waals surface area contributed by atoms with E-state index in [0.717, 1.165) is 35.7 Å². The lowest BCUT2D eigenvalue weighted by atomic mass is 10.1. The number of hydrogen-bond donors (Lipinski definition) is 1. The third kappa shape index (κ3) is 5.35. The van der Waals surface area contributed by atoms with Crippen LogP contribution in [0.4, 0.5) is 11.4 Å². The van der Waals surface area contributed by atoms with Gasteiger partial charge in [-0.1, -0.05) is 24.3 Å². The van der Waals surface area contributed by atoms with Gasteiger partial charge in [0, 0.05) is 30.7 Å². The molecule has 150 valence electrons. The summed E-state index contributed by atoms with van der Waals surface area (Å²) in [5.41, 5.74) is 4.82. The van der Waals surface area contributed by atoms with Gasteiger partial charge < -0.3 is 15.0 Å². The van der Waals surface area contributed by atoms with E-state index >= 15 is 0 Å². The Bertz CT molecular complexity index is 954. The van der Waals surface area contributed by atoms with Gasteiger partial charge in [0.1, 0.15) is 11.4 Å². The highest BCUT2D eigenvalue weighted by atomic mass is 16.5. The second-order valence-corrected chi connectivity index (χ2v) is 6.84. The Balaban J connectivity index is 1.65. The molecular weight excluding hydrogens is 362 g/mol. The van der Waals surface area contributed by atoms with Gasteiger partial charge in [-0.15, -0.1) is 0 Å². The second-order valence-electron chi connectivity index (χ2n) is 6.84. The SMILES string of the molecule is CCN(c1cccc(C)c1)c1ccnc(C(=O)NCCc2ccc(OC)cc2)c1. The first-order valence-electron chi connectivity index (χ1n) is 9.82. The van der Waals surface area contributed by atoms with Gasteiger partial charge in [-0.3, -0.25) is 9.78 Å². The Morgan fingerprint density at radius 3 is 2.52 bits per heavy atom. The highest BCUT2D eigenvalue weighted by Gasteiger charge is 2.12. The summed E-state index contributed by atoms with van der Waals surface area (Å²) in [6.07, 6.45) is 2.44. The van der Waals surface area contributed by atoms with Crippen LogP contribution in [-0.2, 0) is 6.42 Å². The van der Waals surface area contributed by atoms with E-state index in [1.807, 2.05) is 42.5 Å². The average Bonchev–Trinajstić information content (AvgIpc) is 2.75. The number of methoxy groups -OCH3 is 1. The van der Waals surface area contributed by atoms with E-state index < -0.39 is 0 Å². The number of rotatable bonds is 8. The van der Waals surface area contributed by atoms with Gasteiger partial charge in [-0.25, -0.2) is 0 Å². The maximum absolute atomic E-state index is 12.6. The molecule has 1 amide bonds. The fraction of sp³-hybridized carbons (Fsp3) is 0.250. The number of aromatic nitrogens is 1. The van der Waals surface area contributed by atoms with Crippen molar-refractivity contribution < 1.29 is 9.53 Å². The largest absolute Gasteiger partial charge is 0.497 e. The lowest BCUT2D eigenvalue weighted by molar-refractivity contribution is 0.0949. The van der Waals surface area contributed by atoms with E-state index in [1.165, 1.54) is 5.56 Å². The number of aryl methyl sites for hydroxylation is 1. The van der Waals surface area contributed by atoms with Gasteiger partial charge in [-0.05, 0) is 67.8 Å². The van der Waals surface area contributed by atoms with Crippen molar-refractivity contribution in [2.45, 2.75) is 20.3 Å². The molecule has 5 heteroatoms. The lowest BCUT2D eigenvalue weighted by Gasteiger charge is -2.24. The minimum absolute atomic E-state index is 0.166. The van der Waals surface area contributed by atoms with Crippen LogP contribution in [0.25, 0.3) is 0 Å². The molecule has 1 aromatic heterocycles. The van der Waals surface area contributed by atoms with Crippen LogP contribution < -0.4 is 15.0 Å². The second kappa shape index (κ2) is 9.73. The first-order valence-corrected chi connectivity index (χ1v) is 9.82. The quantitative estimate of drug-likeness (QED) is 0.615. The molecule has 0 unspecified atom stereocenters. The van der Waals surface area contributed by atoms with Crippen molar-refractivity contribution in [2.24, 2.45) is 0 Å². The summed E-state index contributed by atoms with van der Waals surface area (Å²) in [5.74, 6) is 0.661. The van der Waals surface area contributed by atoms with E-state index in [4.69, 9.17) is 4.74 Å². The molecule has 0 saturated carbocycles. The Labute approximate surface area is 172 Å². The van der Waals surface area contributed by atoms with Crippen molar-refractivity contribution in [1.29, 1.82) is 0 Å². The van der Waals surface area contributed by atoms with Crippen molar-refractivity contribution in [1.82, 2.24) is 10.3 Å². The summed E-state index contributed by atoms with van der Waals surface area (Å²) >= 11 is 0. The normalized spacial score (nSPS) is 10.4. The third-order valence-corrected chi connectivity index (χ3v) is 4.78. The van der Waals surface area contributed by atoms with Crippen LogP contribution in [-0.4, -0.2) is 31.1 Å². The minimum Gasteiger partial charge on any atom is -0.497 e. The molecule has 0 aliphatic carbocycles. The predicted molar refractivity (Wildman–Crippen MR) is 117 cm³/mol. The van der Waals surface area contributed by atoms with Gasteiger partial charge in [0.25, 0.3) is 5.91 Å². The van der Waals surface area contributed by atoms with Crippen LogP contribution in [0.15, 0.2) is 66.9 Å². The van der Waals surface area contributed by atoms with Crippen molar-refractivity contribution in [3.8, 4) is 5.75 Å². The van der Waals surface area contributed by atoms with E-state index in [2.05, 4.69) is 47.2 Å². The van der Waals surface area contributed by atoms with E-state index in [0.29, 0.717) is 12.2 Å². The fourth-order valence-corrected chi connectivity index (χ4v) is 3.22. The zero-order chi connectivity index (χ0) is 20.6. The van der Waals surface area contributed by atoms with E-state index in [9.17, 15) is 4.79 Å². The molecule has 1 N–H and O–H groups in total. The molecule has 3 rings (SSSR count). The van der Waals surface area contributed by atoms with E-state index in [1.54, 1.807) is 13.3 Å². The maximum atomic E-state index is 12.6. The maximum Gasteiger partial charge on any atom is 0.269 e. The van der Waals surface area contributed by atoms with Crippen LogP contribution in [0, 0.1) is 6.92 Å². The monoisotopic (exact) mass is 389 g/mol. The number of anilines is 2. The van der Waals surface area contributed by atoms with Crippen LogP contribution in [0.3, 0.4) is 0 Å². The van der Waals surface area contributed by atoms with Crippen LogP contribution in [0.1, 0.15) is 28.5 Å². The van der Waals surface area contributed by atoms with E-state index in [-0.39, 0.29) is 5.91 Å². The van der Waals surface area contributed by atoms with Crippen molar-refractivity contribution in [2.75, 3.05) is 25.1 Å². The van der Waals surface area contributed by atoms with Gasteiger partial charge in [-0.2, -0.15) is 0 Å². The molecule has 0 aliphatic rings. The standard InChI is InChI=1S/C24H27N3O2/c1-4-27(20-7-5-6-18(2)16-20)21-13-15-25-23(17-21)24(28)26-14-12-19-8-10-22(29-3)11-9-19/h5-11,13,15-17H,4,12,14H2,1-3H3,(H,26,28). The summed E-state index contributed by atoms with van der Waals surface area (Å²) in [6.45, 7) is 5.52. The Kier molecular flexibility index (Phi) is 6.85. The zero-order valence-electron chi connectivity index (χ0n) is 17.2. The van der Waals surface area contributed by atoms with Gasteiger partial charge in [0.2, 0.25) is 0 Å². The summed E-state index contributed by atoms with van der Waals surface area (Å²) in [6, 6.07) is 20.0. The molecule has 29 heavy (non-hydrogen) atoms. The molecule has 0 bridgehead atoms. The first kappa shape index (κ1) is 20.4. The summed E-state index contributed by atoms with van der Waals surface area (Å²) in [7, 11) is 1.65.